The van der Waals surface area contributed by atoms with E-state index < -0.39 is 35.6 Å². The van der Waals surface area contributed by atoms with Crippen LogP contribution in [-0.2, 0) is 33.5 Å². The van der Waals surface area contributed by atoms with Crippen LogP contribution in [0.15, 0.2) is 78.9 Å². The fourth-order valence-electron chi connectivity index (χ4n) is 5.18. The molecular formula is C33H35F3N4O4. The van der Waals surface area contributed by atoms with Crippen molar-refractivity contribution in [2.45, 2.75) is 63.3 Å². The summed E-state index contributed by atoms with van der Waals surface area (Å²) in [5.74, 6) is -1.82. The van der Waals surface area contributed by atoms with Gasteiger partial charge in [0, 0.05) is 37.1 Å². The minimum Gasteiger partial charge on any atom is -0.342 e. The Morgan fingerprint density at radius 2 is 1.59 bits per heavy atom. The number of anilines is 1. The number of amides is 3. The zero-order valence-corrected chi connectivity index (χ0v) is 24.1. The number of unbranched alkanes of at least 4 members (excludes halogenated alkanes) is 1. The molecule has 0 saturated heterocycles. The van der Waals surface area contributed by atoms with Gasteiger partial charge in [0.05, 0.1) is 5.56 Å². The van der Waals surface area contributed by atoms with Crippen molar-refractivity contribution in [2.24, 2.45) is 5.73 Å². The lowest BCUT2D eigenvalue weighted by Crippen LogP contribution is -2.56. The maximum atomic E-state index is 13.7. The predicted octanol–water partition coefficient (Wildman–Crippen LogP) is 4.87. The standard InChI is InChI=1S/C33H35F3N4O4/c34-33(35,36)25-13-8-14-26(20-25)38-31(43)27(15-6-7-18-37)39-32(44)28-19-23-11-4-5-12-24(23)21-40(28)30(42)17-16-29(41)22-9-2-1-3-10-22/h1-5,8-14,20,27-28H,6-7,15-19,21,37H2,(H,38,43)(H,39,44)/t27-,28-/m0/s1. The van der Waals surface area contributed by atoms with Crippen LogP contribution in [0.25, 0.3) is 0 Å². The topological polar surface area (TPSA) is 122 Å². The molecule has 232 valence electrons. The van der Waals surface area contributed by atoms with E-state index in [2.05, 4.69) is 10.6 Å². The quantitative estimate of drug-likeness (QED) is 0.200. The normalized spacial score (nSPS) is 15.2. The van der Waals surface area contributed by atoms with E-state index in [-0.39, 0.29) is 49.6 Å². The Morgan fingerprint density at radius 1 is 0.886 bits per heavy atom. The van der Waals surface area contributed by atoms with Gasteiger partial charge in [0.25, 0.3) is 0 Å². The molecule has 1 aliphatic rings. The molecule has 0 aliphatic carbocycles. The highest BCUT2D eigenvalue weighted by Gasteiger charge is 2.36. The number of carbonyl (C=O) groups is 4. The van der Waals surface area contributed by atoms with Crippen LogP contribution in [0.1, 0.15) is 59.2 Å². The van der Waals surface area contributed by atoms with Crippen LogP contribution < -0.4 is 16.4 Å². The third kappa shape index (κ3) is 8.53. The second kappa shape index (κ2) is 14.8. The van der Waals surface area contributed by atoms with Gasteiger partial charge in [-0.3, -0.25) is 19.2 Å². The van der Waals surface area contributed by atoms with Gasteiger partial charge < -0.3 is 21.3 Å². The fraction of sp³-hybridized carbons (Fsp3) is 0.333. The van der Waals surface area contributed by atoms with Crippen LogP contribution in [0.2, 0.25) is 0 Å². The molecule has 8 nitrogen and oxygen atoms in total. The van der Waals surface area contributed by atoms with Crippen molar-refractivity contribution in [3.63, 3.8) is 0 Å². The SMILES string of the molecule is NCCCC[C@H](NC(=O)[C@@H]1Cc2ccccc2CN1C(=O)CCC(=O)c1ccccc1)C(=O)Nc1cccc(C(F)(F)F)c1. The number of halogens is 3. The zero-order chi connectivity index (χ0) is 31.7. The van der Waals surface area contributed by atoms with Gasteiger partial charge in [-0.2, -0.15) is 13.2 Å². The molecule has 11 heteroatoms. The molecule has 1 heterocycles. The van der Waals surface area contributed by atoms with Gasteiger partial charge in [0.15, 0.2) is 5.78 Å². The fourth-order valence-corrected chi connectivity index (χ4v) is 5.18. The van der Waals surface area contributed by atoms with E-state index in [0.717, 1.165) is 23.3 Å². The summed E-state index contributed by atoms with van der Waals surface area (Å²) in [4.78, 5) is 54.5. The van der Waals surface area contributed by atoms with Crippen LogP contribution in [0.4, 0.5) is 18.9 Å². The van der Waals surface area contributed by atoms with Crippen molar-refractivity contribution in [1.82, 2.24) is 10.2 Å². The Balaban J connectivity index is 1.51. The number of ketones is 1. The number of nitrogens with zero attached hydrogens (tertiary/aromatic N) is 1. The van der Waals surface area contributed by atoms with E-state index in [4.69, 9.17) is 5.73 Å². The molecule has 1 aliphatic heterocycles. The summed E-state index contributed by atoms with van der Waals surface area (Å²) in [6, 6.07) is 18.2. The molecule has 3 amide bonds. The van der Waals surface area contributed by atoms with Crippen molar-refractivity contribution >= 4 is 29.2 Å². The number of nitrogens with two attached hydrogens (primary N) is 1. The lowest BCUT2D eigenvalue weighted by molar-refractivity contribution is -0.142. The molecular weight excluding hydrogens is 573 g/mol. The number of benzene rings is 3. The average molecular weight is 609 g/mol. The number of hydrogen-bond donors (Lipinski definition) is 3. The molecule has 0 saturated carbocycles. The number of carbonyl (C=O) groups excluding carboxylic acids is 4. The van der Waals surface area contributed by atoms with E-state index in [1.54, 1.807) is 30.3 Å². The molecule has 0 spiro atoms. The molecule has 3 aromatic rings. The van der Waals surface area contributed by atoms with Gasteiger partial charge in [0.1, 0.15) is 12.1 Å². The molecule has 0 fully saturated rings. The summed E-state index contributed by atoms with van der Waals surface area (Å²) >= 11 is 0. The van der Waals surface area contributed by atoms with Crippen molar-refractivity contribution in [3.8, 4) is 0 Å². The monoisotopic (exact) mass is 608 g/mol. The number of nitrogens with one attached hydrogen (secondary N) is 2. The summed E-state index contributed by atoms with van der Waals surface area (Å²) < 4.78 is 39.6. The Hall–Kier alpha value is -4.51. The molecule has 0 radical (unpaired) electrons. The Morgan fingerprint density at radius 3 is 2.30 bits per heavy atom. The largest absolute Gasteiger partial charge is 0.416 e. The van der Waals surface area contributed by atoms with Gasteiger partial charge in [-0.1, -0.05) is 60.7 Å². The minimum absolute atomic E-state index is 0.0313. The third-order valence-electron chi connectivity index (χ3n) is 7.57. The maximum absolute atomic E-state index is 13.7. The highest BCUT2D eigenvalue weighted by Crippen LogP contribution is 2.31. The molecule has 0 unspecified atom stereocenters. The molecule has 0 bridgehead atoms. The van der Waals surface area contributed by atoms with E-state index >= 15 is 0 Å². The molecule has 44 heavy (non-hydrogen) atoms. The van der Waals surface area contributed by atoms with Crippen LogP contribution in [0, 0.1) is 0 Å². The van der Waals surface area contributed by atoms with Gasteiger partial charge >= 0.3 is 6.18 Å². The van der Waals surface area contributed by atoms with Crippen LogP contribution in [0.3, 0.4) is 0 Å². The Labute approximate surface area is 253 Å². The van der Waals surface area contributed by atoms with E-state index in [9.17, 15) is 32.3 Å². The van der Waals surface area contributed by atoms with Crippen molar-refractivity contribution in [3.05, 3.63) is 101 Å². The molecule has 4 rings (SSSR count). The lowest BCUT2D eigenvalue weighted by Gasteiger charge is -2.37. The third-order valence-corrected chi connectivity index (χ3v) is 7.57. The van der Waals surface area contributed by atoms with Gasteiger partial charge in [-0.25, -0.2) is 0 Å². The first-order chi connectivity index (χ1) is 21.1. The highest BCUT2D eigenvalue weighted by atomic mass is 19.4. The predicted molar refractivity (Wildman–Crippen MR) is 159 cm³/mol. The summed E-state index contributed by atoms with van der Waals surface area (Å²) in [5.41, 5.74) is 6.88. The van der Waals surface area contributed by atoms with Crippen LogP contribution in [-0.4, -0.2) is 47.0 Å². The van der Waals surface area contributed by atoms with Crippen LogP contribution in [0.5, 0.6) is 0 Å². The first kappa shape index (κ1) is 32.4. The summed E-state index contributed by atoms with van der Waals surface area (Å²) in [5, 5.41) is 5.23. The number of Topliss-reactive ketones (excluding diaryl/α,β-unsaturated/α-hetero) is 1. The lowest BCUT2D eigenvalue weighted by atomic mass is 9.92. The number of alkyl halides is 3. The van der Waals surface area contributed by atoms with Gasteiger partial charge in [0.2, 0.25) is 17.7 Å². The van der Waals surface area contributed by atoms with E-state index in [1.807, 2.05) is 24.3 Å². The molecule has 2 atom stereocenters. The smallest absolute Gasteiger partial charge is 0.342 e. The van der Waals surface area contributed by atoms with Crippen LogP contribution >= 0.6 is 0 Å². The van der Waals surface area contributed by atoms with Gasteiger partial charge in [-0.05, 0) is 55.1 Å². The van der Waals surface area contributed by atoms with Crippen molar-refractivity contribution < 1.29 is 32.3 Å². The van der Waals surface area contributed by atoms with E-state index in [0.29, 0.717) is 24.9 Å². The molecule has 3 aromatic carbocycles. The summed E-state index contributed by atoms with van der Waals surface area (Å²) in [7, 11) is 0. The first-order valence-corrected chi connectivity index (χ1v) is 14.5. The maximum Gasteiger partial charge on any atom is 0.416 e. The van der Waals surface area contributed by atoms with Gasteiger partial charge in [-0.15, -0.1) is 0 Å². The molecule has 4 N–H and O–H groups in total. The second-order valence-electron chi connectivity index (χ2n) is 10.7. The molecule has 0 aromatic heterocycles. The number of fused-ring (bicyclic) bond motifs is 1. The zero-order valence-electron chi connectivity index (χ0n) is 24.1. The average Bonchev–Trinajstić information content (AvgIpc) is 3.02. The Kier molecular flexibility index (Phi) is 10.9. The summed E-state index contributed by atoms with van der Waals surface area (Å²) in [6.07, 6.45) is -3.28. The second-order valence-corrected chi connectivity index (χ2v) is 10.7. The Bertz CT molecular complexity index is 1480. The number of hydrogen-bond acceptors (Lipinski definition) is 5. The van der Waals surface area contributed by atoms with Crippen molar-refractivity contribution in [1.29, 1.82) is 0 Å². The number of rotatable bonds is 12. The summed E-state index contributed by atoms with van der Waals surface area (Å²) in [6.45, 7) is 0.514. The van der Waals surface area contributed by atoms with Crippen molar-refractivity contribution in [2.75, 3.05) is 11.9 Å². The highest BCUT2D eigenvalue weighted by molar-refractivity contribution is 6.00. The van der Waals surface area contributed by atoms with E-state index in [1.165, 1.54) is 17.0 Å². The minimum atomic E-state index is -4.59. The first-order valence-electron chi connectivity index (χ1n) is 14.5.